The summed E-state index contributed by atoms with van der Waals surface area (Å²) in [6.45, 7) is 0. The number of hydrogen-bond acceptors (Lipinski definition) is 2. The van der Waals surface area contributed by atoms with E-state index in [2.05, 4.69) is 94.1 Å². The molecule has 0 spiro atoms. The Morgan fingerprint density at radius 3 is 1.23 bits per heavy atom. The molecule has 0 bridgehead atoms. The summed E-state index contributed by atoms with van der Waals surface area (Å²) in [5, 5.41) is 0. The van der Waals surface area contributed by atoms with E-state index in [1.165, 1.54) is 11.1 Å². The van der Waals surface area contributed by atoms with Crippen LogP contribution in [0.4, 0.5) is 11.4 Å². The molecule has 30 heavy (non-hydrogen) atoms. The van der Waals surface area contributed by atoms with E-state index in [0.717, 1.165) is 45.1 Å². The first-order valence-corrected chi connectivity index (χ1v) is 10.0. The van der Waals surface area contributed by atoms with Crippen molar-refractivity contribution in [1.29, 1.82) is 0 Å². The van der Waals surface area contributed by atoms with Gasteiger partial charge in [0.2, 0.25) is 11.2 Å². The van der Waals surface area contributed by atoms with Crippen molar-refractivity contribution in [2.45, 2.75) is 0 Å². The summed E-state index contributed by atoms with van der Waals surface area (Å²) in [5.74, 6) is 0. The molecule has 2 aliphatic heterocycles. The van der Waals surface area contributed by atoms with Crippen LogP contribution in [0.2, 0.25) is 0 Å². The summed E-state index contributed by atoms with van der Waals surface area (Å²) in [6, 6.07) is 33.6. The van der Waals surface area contributed by atoms with E-state index in [1.54, 1.807) is 0 Å². The molecule has 0 aliphatic carbocycles. The van der Waals surface area contributed by atoms with Gasteiger partial charge in [-0.3, -0.25) is 0 Å². The quantitative estimate of drug-likeness (QED) is 0.347. The Balaban J connectivity index is 1.69. The smallest absolute Gasteiger partial charge is 0.225 e. The minimum atomic E-state index is 0.881. The van der Waals surface area contributed by atoms with Crippen molar-refractivity contribution in [2.24, 2.45) is 9.98 Å². The van der Waals surface area contributed by atoms with Gasteiger partial charge in [-0.15, -0.1) is 0 Å². The van der Waals surface area contributed by atoms with Crippen LogP contribution in [0.1, 0.15) is 0 Å². The van der Waals surface area contributed by atoms with Crippen LogP contribution in [0.3, 0.4) is 0 Å². The fourth-order valence-corrected chi connectivity index (χ4v) is 4.57. The topological polar surface area (TPSA) is 34.6 Å². The van der Waals surface area contributed by atoms with Crippen molar-refractivity contribution in [3.05, 3.63) is 108 Å². The second-order valence-electron chi connectivity index (χ2n) is 7.56. The molecule has 0 saturated carbocycles. The van der Waals surface area contributed by atoms with Gasteiger partial charge in [0.05, 0.1) is 22.7 Å². The van der Waals surface area contributed by atoms with Crippen LogP contribution < -0.4 is 11.2 Å². The van der Waals surface area contributed by atoms with E-state index in [0.29, 0.717) is 0 Å². The SMILES string of the molecule is c1ccc2c(c1)N=c1n(c3n1-c1ccccc1-c1ccccc1N=3)-c1ccccc1-2. The number of rotatable bonds is 0. The van der Waals surface area contributed by atoms with Gasteiger partial charge in [-0.1, -0.05) is 72.8 Å². The molecule has 0 amide bonds. The molecule has 1 aromatic heterocycles. The summed E-state index contributed by atoms with van der Waals surface area (Å²) < 4.78 is 4.35. The molecule has 0 radical (unpaired) electrons. The predicted octanol–water partition coefficient (Wildman–Crippen LogP) is 5.13. The Bertz CT molecular complexity index is 1460. The van der Waals surface area contributed by atoms with E-state index in [4.69, 9.17) is 9.98 Å². The minimum Gasteiger partial charge on any atom is -0.248 e. The van der Waals surface area contributed by atoms with Crippen molar-refractivity contribution in [1.82, 2.24) is 9.13 Å². The molecule has 4 aromatic carbocycles. The van der Waals surface area contributed by atoms with Crippen molar-refractivity contribution in [2.75, 3.05) is 0 Å². The van der Waals surface area contributed by atoms with Gasteiger partial charge in [0, 0.05) is 22.3 Å². The largest absolute Gasteiger partial charge is 0.248 e. The third-order valence-corrected chi connectivity index (χ3v) is 5.92. The Morgan fingerprint density at radius 1 is 0.400 bits per heavy atom. The van der Waals surface area contributed by atoms with E-state index in [9.17, 15) is 0 Å². The first-order chi connectivity index (χ1) is 14.9. The van der Waals surface area contributed by atoms with Gasteiger partial charge in [0.25, 0.3) is 0 Å². The fraction of sp³-hybridized carbons (Fsp3) is 0. The first kappa shape index (κ1) is 15.7. The lowest BCUT2D eigenvalue weighted by Gasteiger charge is -2.21. The maximum absolute atomic E-state index is 5.10. The first-order valence-electron chi connectivity index (χ1n) is 10.0. The van der Waals surface area contributed by atoms with E-state index in [-0.39, 0.29) is 0 Å². The number of nitrogens with zero attached hydrogens (tertiary/aromatic N) is 4. The normalized spacial score (nSPS) is 12.5. The molecule has 3 heterocycles. The molecule has 7 rings (SSSR count). The molecule has 4 heteroatoms. The summed E-state index contributed by atoms with van der Waals surface area (Å²) >= 11 is 0. The standard InChI is InChI=1S/C26H16N4/c1-5-13-21-17(9-1)19-11-3-7-15-23(19)29-25(27-21)30-24-16-8-4-12-20(24)18-10-2-6-14-22(18)28-26(29)30/h1-16H. The third kappa shape index (κ3) is 1.95. The highest BCUT2D eigenvalue weighted by molar-refractivity contribution is 5.84. The third-order valence-electron chi connectivity index (χ3n) is 5.92. The lowest BCUT2D eigenvalue weighted by atomic mass is 10.0. The minimum absolute atomic E-state index is 0.881. The average Bonchev–Trinajstić information content (AvgIpc) is 2.99. The highest BCUT2D eigenvalue weighted by Crippen LogP contribution is 2.38. The molecule has 0 saturated heterocycles. The number of aromatic nitrogens is 2. The Hall–Kier alpha value is -4.18. The van der Waals surface area contributed by atoms with Crippen LogP contribution in [0.5, 0.6) is 0 Å². The second kappa shape index (κ2) is 5.67. The van der Waals surface area contributed by atoms with E-state index >= 15 is 0 Å². The number of para-hydroxylation sites is 4. The lowest BCUT2D eigenvalue weighted by Crippen LogP contribution is -2.54. The molecular weight excluding hydrogens is 368 g/mol. The second-order valence-corrected chi connectivity index (χ2v) is 7.56. The maximum Gasteiger partial charge on any atom is 0.225 e. The number of benzene rings is 4. The zero-order valence-electron chi connectivity index (χ0n) is 16.0. The highest BCUT2D eigenvalue weighted by atomic mass is 15.3. The van der Waals surface area contributed by atoms with Gasteiger partial charge >= 0.3 is 0 Å². The van der Waals surface area contributed by atoms with Gasteiger partial charge in [-0.05, 0) is 24.3 Å². The zero-order chi connectivity index (χ0) is 19.7. The van der Waals surface area contributed by atoms with Crippen LogP contribution in [0, 0.1) is 0 Å². The monoisotopic (exact) mass is 384 g/mol. The predicted molar refractivity (Wildman–Crippen MR) is 118 cm³/mol. The molecule has 2 aliphatic rings. The molecule has 5 aromatic rings. The number of fused-ring (bicyclic) bond motifs is 12. The van der Waals surface area contributed by atoms with Crippen LogP contribution in [-0.4, -0.2) is 9.13 Å². The van der Waals surface area contributed by atoms with Gasteiger partial charge in [0.1, 0.15) is 0 Å². The van der Waals surface area contributed by atoms with Crippen LogP contribution in [0.15, 0.2) is 107 Å². The van der Waals surface area contributed by atoms with Crippen molar-refractivity contribution < 1.29 is 0 Å². The highest BCUT2D eigenvalue weighted by Gasteiger charge is 2.26. The zero-order valence-corrected chi connectivity index (χ0v) is 16.0. The van der Waals surface area contributed by atoms with Crippen LogP contribution in [-0.2, 0) is 0 Å². The van der Waals surface area contributed by atoms with E-state index < -0.39 is 0 Å². The summed E-state index contributed by atoms with van der Waals surface area (Å²) in [6.07, 6.45) is 0. The van der Waals surface area contributed by atoms with Gasteiger partial charge < -0.3 is 0 Å². The van der Waals surface area contributed by atoms with Crippen molar-refractivity contribution >= 4 is 11.4 Å². The maximum atomic E-state index is 5.10. The Morgan fingerprint density at radius 2 is 0.767 bits per heavy atom. The van der Waals surface area contributed by atoms with Crippen LogP contribution in [0.25, 0.3) is 33.6 Å². The summed E-state index contributed by atoms with van der Waals surface area (Å²) in [4.78, 5) is 10.2. The van der Waals surface area contributed by atoms with Gasteiger partial charge in [-0.25, -0.2) is 19.1 Å². The summed E-state index contributed by atoms with van der Waals surface area (Å²) in [7, 11) is 0. The number of hydrogen-bond donors (Lipinski definition) is 0. The van der Waals surface area contributed by atoms with E-state index in [1.807, 2.05) is 12.1 Å². The van der Waals surface area contributed by atoms with Gasteiger partial charge in [0.15, 0.2) is 0 Å². The molecular formula is C26H16N4. The molecule has 0 atom stereocenters. The van der Waals surface area contributed by atoms with Gasteiger partial charge in [-0.2, -0.15) is 0 Å². The van der Waals surface area contributed by atoms with Crippen LogP contribution >= 0.6 is 0 Å². The summed E-state index contributed by atoms with van der Waals surface area (Å²) in [5.41, 5.74) is 10.5. The fourth-order valence-electron chi connectivity index (χ4n) is 4.57. The average molecular weight is 384 g/mol. The molecule has 0 unspecified atom stereocenters. The molecule has 4 nitrogen and oxygen atoms in total. The van der Waals surface area contributed by atoms with Crippen molar-refractivity contribution in [3.8, 4) is 33.6 Å². The lowest BCUT2D eigenvalue weighted by molar-refractivity contribution is 0.622. The molecule has 140 valence electrons. The van der Waals surface area contributed by atoms with Crippen molar-refractivity contribution in [3.63, 3.8) is 0 Å². The molecule has 0 N–H and O–H groups in total. The Kier molecular flexibility index (Phi) is 2.97. The Labute approximate surface area is 172 Å². The molecule has 0 fully saturated rings.